The number of aryl methyl sites for hydroxylation is 1. The zero-order valence-corrected chi connectivity index (χ0v) is 13.6. The molecule has 6 nitrogen and oxygen atoms in total. The Kier molecular flexibility index (Phi) is 4.67. The van der Waals surface area contributed by atoms with Gasteiger partial charge in [0.05, 0.1) is 5.69 Å². The first kappa shape index (κ1) is 16.0. The molecule has 1 heterocycles. The van der Waals surface area contributed by atoms with E-state index in [2.05, 4.69) is 5.16 Å². The van der Waals surface area contributed by atoms with E-state index in [-0.39, 0.29) is 5.84 Å². The van der Waals surface area contributed by atoms with Gasteiger partial charge >= 0.3 is 0 Å². The van der Waals surface area contributed by atoms with Crippen LogP contribution in [0.25, 0.3) is 0 Å². The molecule has 3 N–H and O–H groups in total. The second-order valence-electron chi connectivity index (χ2n) is 5.01. The van der Waals surface area contributed by atoms with Crippen LogP contribution in [0, 0.1) is 6.92 Å². The first-order valence-corrected chi connectivity index (χ1v) is 9.58. The van der Waals surface area contributed by atoms with Crippen LogP contribution in [0.5, 0.6) is 0 Å². The number of rotatable bonds is 3. The van der Waals surface area contributed by atoms with E-state index in [1.165, 1.54) is 6.26 Å². The number of benzene rings is 1. The van der Waals surface area contributed by atoms with Gasteiger partial charge in [-0.2, -0.15) is 11.8 Å². The number of nitrogens with two attached hydrogens (primary N) is 1. The van der Waals surface area contributed by atoms with Crippen molar-refractivity contribution in [1.82, 2.24) is 0 Å². The van der Waals surface area contributed by atoms with Gasteiger partial charge in [-0.15, -0.1) is 0 Å². The van der Waals surface area contributed by atoms with Gasteiger partial charge in [-0.3, -0.25) is 0 Å². The topological polar surface area (TPSA) is 96.0 Å². The molecule has 0 radical (unpaired) electrons. The standard InChI is InChI=1S/C13H19N3O3S2/c1-9-4-3-5-10(13(14)15-17)12(9)16-6-7-20-8-11(16)21(2,18)19/h3-5,11,17H,6-8H2,1-2H3,(H2,14,15). The molecule has 1 aliphatic heterocycles. The first-order chi connectivity index (χ1) is 9.86. The molecule has 0 bridgehead atoms. The summed E-state index contributed by atoms with van der Waals surface area (Å²) in [6.07, 6.45) is 1.25. The van der Waals surface area contributed by atoms with Crippen LogP contribution in [-0.4, -0.2) is 49.1 Å². The smallest absolute Gasteiger partial charge is 0.172 e. The van der Waals surface area contributed by atoms with Crippen molar-refractivity contribution in [3.05, 3.63) is 29.3 Å². The number of oxime groups is 1. The molecule has 116 valence electrons. The van der Waals surface area contributed by atoms with E-state index in [0.29, 0.717) is 17.9 Å². The molecule has 0 aliphatic carbocycles. The monoisotopic (exact) mass is 329 g/mol. The predicted octanol–water partition coefficient (Wildman–Crippen LogP) is 1.01. The zero-order valence-electron chi connectivity index (χ0n) is 12.0. The number of thioether (sulfide) groups is 1. The van der Waals surface area contributed by atoms with Gasteiger partial charge in [0.1, 0.15) is 5.37 Å². The molecule has 0 aromatic heterocycles. The lowest BCUT2D eigenvalue weighted by atomic mass is 10.1. The van der Waals surface area contributed by atoms with E-state index in [9.17, 15) is 8.42 Å². The van der Waals surface area contributed by atoms with Crippen molar-refractivity contribution in [2.45, 2.75) is 12.3 Å². The van der Waals surface area contributed by atoms with Gasteiger partial charge < -0.3 is 15.8 Å². The highest BCUT2D eigenvalue weighted by molar-refractivity contribution is 8.01. The van der Waals surface area contributed by atoms with Crippen molar-refractivity contribution in [3.8, 4) is 0 Å². The molecule has 0 saturated carbocycles. The third-order valence-corrected chi connectivity index (χ3v) is 6.13. The maximum Gasteiger partial charge on any atom is 0.172 e. The highest BCUT2D eigenvalue weighted by atomic mass is 32.2. The summed E-state index contributed by atoms with van der Waals surface area (Å²) in [6, 6.07) is 5.43. The van der Waals surface area contributed by atoms with Gasteiger partial charge in [0.2, 0.25) is 0 Å². The molecule has 1 aromatic rings. The summed E-state index contributed by atoms with van der Waals surface area (Å²) >= 11 is 1.62. The number of amidine groups is 1. The number of hydrogen-bond donors (Lipinski definition) is 2. The zero-order chi connectivity index (χ0) is 15.6. The van der Waals surface area contributed by atoms with Crippen LogP contribution < -0.4 is 10.6 Å². The van der Waals surface area contributed by atoms with Gasteiger partial charge in [-0.1, -0.05) is 17.3 Å². The Bertz CT molecular complexity index is 659. The maximum absolute atomic E-state index is 12.1. The average molecular weight is 329 g/mol. The third kappa shape index (κ3) is 3.26. The maximum atomic E-state index is 12.1. The van der Waals surface area contributed by atoms with Crippen LogP contribution in [0.2, 0.25) is 0 Å². The lowest BCUT2D eigenvalue weighted by Crippen LogP contribution is -2.48. The van der Waals surface area contributed by atoms with Crippen molar-refractivity contribution in [3.63, 3.8) is 0 Å². The van der Waals surface area contributed by atoms with Crippen LogP contribution in [0.4, 0.5) is 5.69 Å². The van der Waals surface area contributed by atoms with Crippen molar-refractivity contribution < 1.29 is 13.6 Å². The fraction of sp³-hybridized carbons (Fsp3) is 0.462. The van der Waals surface area contributed by atoms with Crippen LogP contribution in [0.15, 0.2) is 23.4 Å². The van der Waals surface area contributed by atoms with Crippen LogP contribution in [0.3, 0.4) is 0 Å². The molecule has 2 rings (SSSR count). The Morgan fingerprint density at radius 2 is 2.24 bits per heavy atom. The average Bonchev–Trinajstić information content (AvgIpc) is 2.45. The second-order valence-corrected chi connectivity index (χ2v) is 8.36. The molecule has 1 atom stereocenters. The lowest BCUT2D eigenvalue weighted by Gasteiger charge is -2.37. The number of para-hydroxylation sites is 1. The normalized spacial score (nSPS) is 20.6. The Balaban J connectivity index is 2.58. The van der Waals surface area contributed by atoms with Gasteiger partial charge in [0.25, 0.3) is 0 Å². The van der Waals surface area contributed by atoms with E-state index >= 15 is 0 Å². The molecular weight excluding hydrogens is 310 g/mol. The minimum Gasteiger partial charge on any atom is -0.409 e. The number of nitrogens with zero attached hydrogens (tertiary/aromatic N) is 2. The van der Waals surface area contributed by atoms with Crippen LogP contribution in [-0.2, 0) is 9.84 Å². The molecule has 8 heteroatoms. The fourth-order valence-electron chi connectivity index (χ4n) is 2.49. The minimum atomic E-state index is -3.23. The Hall–Kier alpha value is -1.41. The van der Waals surface area contributed by atoms with Crippen molar-refractivity contribution in [1.29, 1.82) is 0 Å². The van der Waals surface area contributed by atoms with Crippen LogP contribution in [0.1, 0.15) is 11.1 Å². The van der Waals surface area contributed by atoms with Gasteiger partial charge in [0, 0.05) is 29.9 Å². The quantitative estimate of drug-likeness (QED) is 0.372. The second kappa shape index (κ2) is 6.15. The third-order valence-electron chi connectivity index (χ3n) is 3.49. The highest BCUT2D eigenvalue weighted by Gasteiger charge is 2.33. The fourth-order valence-corrected chi connectivity index (χ4v) is 5.32. The van der Waals surface area contributed by atoms with Gasteiger partial charge in [-0.05, 0) is 18.6 Å². The Morgan fingerprint density at radius 1 is 1.52 bits per heavy atom. The minimum absolute atomic E-state index is 0.0147. The molecule has 21 heavy (non-hydrogen) atoms. The molecular formula is C13H19N3O3S2. The molecule has 1 saturated heterocycles. The van der Waals surface area contributed by atoms with Gasteiger partial charge in [-0.25, -0.2) is 8.42 Å². The molecule has 0 amide bonds. The summed E-state index contributed by atoms with van der Waals surface area (Å²) in [4.78, 5) is 1.86. The number of sulfone groups is 1. The van der Waals surface area contributed by atoms with E-state index in [0.717, 1.165) is 17.0 Å². The predicted molar refractivity (Wildman–Crippen MR) is 87.0 cm³/mol. The summed E-state index contributed by atoms with van der Waals surface area (Å²) in [7, 11) is -3.23. The molecule has 0 spiro atoms. The van der Waals surface area contributed by atoms with Crippen molar-refractivity contribution in [2.75, 3.05) is 29.2 Å². The first-order valence-electron chi connectivity index (χ1n) is 6.47. The van der Waals surface area contributed by atoms with E-state index in [1.54, 1.807) is 23.9 Å². The molecule has 1 unspecified atom stereocenters. The van der Waals surface area contributed by atoms with E-state index < -0.39 is 15.2 Å². The van der Waals surface area contributed by atoms with E-state index in [4.69, 9.17) is 10.9 Å². The van der Waals surface area contributed by atoms with Crippen molar-refractivity contribution in [2.24, 2.45) is 10.9 Å². The van der Waals surface area contributed by atoms with E-state index in [1.807, 2.05) is 17.9 Å². The molecule has 1 aromatic carbocycles. The van der Waals surface area contributed by atoms with Crippen LogP contribution >= 0.6 is 11.8 Å². The molecule has 1 fully saturated rings. The largest absolute Gasteiger partial charge is 0.409 e. The summed E-state index contributed by atoms with van der Waals surface area (Å²) in [5.41, 5.74) is 7.93. The van der Waals surface area contributed by atoms with Crippen molar-refractivity contribution >= 4 is 33.1 Å². The Morgan fingerprint density at radius 3 is 2.86 bits per heavy atom. The Labute approximate surface area is 128 Å². The van der Waals surface area contributed by atoms with Gasteiger partial charge in [0.15, 0.2) is 15.7 Å². The summed E-state index contributed by atoms with van der Waals surface area (Å²) in [6.45, 7) is 2.50. The number of hydrogen-bond acceptors (Lipinski definition) is 6. The lowest BCUT2D eigenvalue weighted by molar-refractivity contribution is 0.318. The summed E-state index contributed by atoms with van der Waals surface area (Å²) in [5, 5.41) is 11.4. The SMILES string of the molecule is Cc1cccc(/C(N)=N/O)c1N1CCSCC1S(C)(=O)=O. The number of anilines is 1. The molecule has 1 aliphatic rings. The summed E-state index contributed by atoms with van der Waals surface area (Å²) in [5.74, 6) is 1.35. The summed E-state index contributed by atoms with van der Waals surface area (Å²) < 4.78 is 24.1. The highest BCUT2D eigenvalue weighted by Crippen LogP contribution is 2.32.